The van der Waals surface area contributed by atoms with E-state index in [1.807, 2.05) is 0 Å². The van der Waals surface area contributed by atoms with Gasteiger partial charge in [0.1, 0.15) is 6.04 Å². The molecule has 17 heavy (non-hydrogen) atoms. The molecular formula is C12H17NO4. The topological polar surface area (TPSA) is 79.5 Å². The lowest BCUT2D eigenvalue weighted by atomic mass is 9.86. The largest absolute Gasteiger partial charge is 0.480 e. The van der Waals surface area contributed by atoms with E-state index in [9.17, 15) is 9.59 Å². The van der Waals surface area contributed by atoms with Crippen LogP contribution in [0.5, 0.6) is 0 Å². The SMILES string of the molecule is Cc1ccoc1C(=O)NC(C(=O)O)C(C)(C)C. The molecule has 0 aliphatic heterocycles. The second kappa shape index (κ2) is 4.61. The Morgan fingerprint density at radius 3 is 2.35 bits per heavy atom. The van der Waals surface area contributed by atoms with E-state index in [-0.39, 0.29) is 5.76 Å². The number of hydrogen-bond donors (Lipinski definition) is 2. The highest BCUT2D eigenvalue weighted by Crippen LogP contribution is 2.20. The highest BCUT2D eigenvalue weighted by atomic mass is 16.4. The van der Waals surface area contributed by atoms with Crippen molar-refractivity contribution in [2.24, 2.45) is 5.41 Å². The average molecular weight is 239 g/mol. The third kappa shape index (κ3) is 3.09. The van der Waals surface area contributed by atoms with Gasteiger partial charge in [-0.2, -0.15) is 0 Å². The summed E-state index contributed by atoms with van der Waals surface area (Å²) in [7, 11) is 0. The Morgan fingerprint density at radius 2 is 2.00 bits per heavy atom. The zero-order valence-electron chi connectivity index (χ0n) is 10.4. The summed E-state index contributed by atoms with van der Waals surface area (Å²) in [6, 6.07) is 0.696. The van der Waals surface area contributed by atoms with Crippen molar-refractivity contribution in [1.82, 2.24) is 5.32 Å². The van der Waals surface area contributed by atoms with E-state index >= 15 is 0 Å². The first-order valence-corrected chi connectivity index (χ1v) is 5.31. The van der Waals surface area contributed by atoms with Crippen LogP contribution >= 0.6 is 0 Å². The molecule has 0 radical (unpaired) electrons. The Bertz CT molecular complexity index is 428. The van der Waals surface area contributed by atoms with Crippen molar-refractivity contribution in [3.63, 3.8) is 0 Å². The minimum Gasteiger partial charge on any atom is -0.480 e. The number of nitrogens with one attached hydrogen (secondary N) is 1. The van der Waals surface area contributed by atoms with Crippen LogP contribution in [-0.4, -0.2) is 23.0 Å². The number of carbonyl (C=O) groups is 2. The van der Waals surface area contributed by atoms with E-state index in [0.717, 1.165) is 0 Å². The molecule has 0 spiro atoms. The fourth-order valence-electron chi connectivity index (χ4n) is 1.45. The van der Waals surface area contributed by atoms with Gasteiger partial charge < -0.3 is 14.8 Å². The molecule has 5 nitrogen and oxygen atoms in total. The van der Waals surface area contributed by atoms with Gasteiger partial charge in [-0.3, -0.25) is 4.79 Å². The van der Waals surface area contributed by atoms with Gasteiger partial charge in [-0.25, -0.2) is 4.79 Å². The molecular weight excluding hydrogens is 222 g/mol. The van der Waals surface area contributed by atoms with Crippen LogP contribution in [0.15, 0.2) is 16.7 Å². The molecule has 0 bridgehead atoms. The lowest BCUT2D eigenvalue weighted by molar-refractivity contribution is -0.142. The van der Waals surface area contributed by atoms with Gasteiger partial charge in [0.2, 0.25) is 0 Å². The summed E-state index contributed by atoms with van der Waals surface area (Å²) in [5, 5.41) is 11.5. The Kier molecular flexibility index (Phi) is 3.60. The van der Waals surface area contributed by atoms with Crippen molar-refractivity contribution in [2.45, 2.75) is 33.7 Å². The molecule has 0 aromatic carbocycles. The van der Waals surface area contributed by atoms with Crippen molar-refractivity contribution >= 4 is 11.9 Å². The molecule has 2 N–H and O–H groups in total. The van der Waals surface area contributed by atoms with Gasteiger partial charge in [-0.05, 0) is 18.4 Å². The number of rotatable bonds is 3. The Balaban J connectivity index is 2.86. The van der Waals surface area contributed by atoms with Crippen LogP contribution in [0.1, 0.15) is 36.9 Å². The third-order valence-corrected chi connectivity index (χ3v) is 2.46. The summed E-state index contributed by atoms with van der Waals surface area (Å²) < 4.78 is 5.01. The molecule has 1 rings (SSSR count). The fraction of sp³-hybridized carbons (Fsp3) is 0.500. The number of aliphatic carboxylic acids is 1. The van der Waals surface area contributed by atoms with Crippen molar-refractivity contribution < 1.29 is 19.1 Å². The molecule has 0 saturated heterocycles. The number of carbonyl (C=O) groups excluding carboxylic acids is 1. The summed E-state index contributed by atoms with van der Waals surface area (Å²) >= 11 is 0. The molecule has 94 valence electrons. The monoisotopic (exact) mass is 239 g/mol. The maximum Gasteiger partial charge on any atom is 0.326 e. The fourth-order valence-corrected chi connectivity index (χ4v) is 1.45. The summed E-state index contributed by atoms with van der Waals surface area (Å²) in [5.41, 5.74) is 0.114. The summed E-state index contributed by atoms with van der Waals surface area (Å²) in [4.78, 5) is 22.9. The van der Waals surface area contributed by atoms with Crippen molar-refractivity contribution in [2.75, 3.05) is 0 Å². The van der Waals surface area contributed by atoms with E-state index in [1.165, 1.54) is 6.26 Å². The minimum absolute atomic E-state index is 0.153. The first-order chi connectivity index (χ1) is 7.73. The van der Waals surface area contributed by atoms with E-state index in [0.29, 0.717) is 5.56 Å². The Hall–Kier alpha value is -1.78. The van der Waals surface area contributed by atoms with Gasteiger partial charge in [0.25, 0.3) is 5.91 Å². The molecule has 1 amide bonds. The molecule has 0 saturated carbocycles. The van der Waals surface area contributed by atoms with Crippen LogP contribution < -0.4 is 5.32 Å². The molecule has 0 fully saturated rings. The average Bonchev–Trinajstić information content (AvgIpc) is 2.58. The maximum absolute atomic E-state index is 11.8. The number of furan rings is 1. The third-order valence-electron chi connectivity index (χ3n) is 2.46. The molecule has 1 atom stereocenters. The van der Waals surface area contributed by atoms with Gasteiger partial charge in [0.05, 0.1) is 6.26 Å². The number of carboxylic acids is 1. The first-order valence-electron chi connectivity index (χ1n) is 5.31. The minimum atomic E-state index is -1.06. The van der Waals surface area contributed by atoms with Crippen LogP contribution in [0.4, 0.5) is 0 Å². The standard InChI is InChI=1S/C12H17NO4/c1-7-5-6-17-8(7)10(14)13-9(11(15)16)12(2,3)4/h5-6,9H,1-4H3,(H,13,14)(H,15,16). The predicted molar refractivity (Wildman–Crippen MR) is 61.8 cm³/mol. The van der Waals surface area contributed by atoms with Crippen LogP contribution in [0.2, 0.25) is 0 Å². The van der Waals surface area contributed by atoms with Crippen LogP contribution in [-0.2, 0) is 4.79 Å². The summed E-state index contributed by atoms with van der Waals surface area (Å²) in [6.45, 7) is 6.98. The van der Waals surface area contributed by atoms with Crippen molar-refractivity contribution in [3.8, 4) is 0 Å². The van der Waals surface area contributed by atoms with Crippen LogP contribution in [0.3, 0.4) is 0 Å². The molecule has 0 aliphatic carbocycles. The molecule has 1 heterocycles. The second-order valence-corrected chi connectivity index (χ2v) is 5.04. The highest BCUT2D eigenvalue weighted by Gasteiger charge is 2.33. The summed E-state index contributed by atoms with van der Waals surface area (Å²) in [6.07, 6.45) is 1.40. The number of amides is 1. The van der Waals surface area contributed by atoms with Gasteiger partial charge in [-0.15, -0.1) is 0 Å². The van der Waals surface area contributed by atoms with Crippen LogP contribution in [0, 0.1) is 12.3 Å². The zero-order chi connectivity index (χ0) is 13.2. The van der Waals surface area contributed by atoms with Gasteiger partial charge >= 0.3 is 5.97 Å². The lowest BCUT2D eigenvalue weighted by Crippen LogP contribution is -2.49. The first kappa shape index (κ1) is 13.3. The quantitative estimate of drug-likeness (QED) is 0.843. The summed E-state index contributed by atoms with van der Waals surface area (Å²) in [5.74, 6) is -1.41. The number of carboxylic acid groups (broad SMARTS) is 1. The van der Waals surface area contributed by atoms with Gasteiger partial charge in [0.15, 0.2) is 5.76 Å². The zero-order valence-corrected chi connectivity index (χ0v) is 10.4. The normalized spacial score (nSPS) is 13.2. The van der Waals surface area contributed by atoms with E-state index in [4.69, 9.17) is 9.52 Å². The second-order valence-electron chi connectivity index (χ2n) is 5.04. The van der Waals surface area contributed by atoms with Crippen molar-refractivity contribution in [1.29, 1.82) is 0 Å². The van der Waals surface area contributed by atoms with E-state index in [1.54, 1.807) is 33.8 Å². The van der Waals surface area contributed by atoms with Crippen molar-refractivity contribution in [3.05, 3.63) is 23.7 Å². The van der Waals surface area contributed by atoms with E-state index < -0.39 is 23.3 Å². The number of aryl methyl sites for hydroxylation is 1. The molecule has 1 aromatic rings. The smallest absolute Gasteiger partial charge is 0.326 e. The molecule has 1 aromatic heterocycles. The number of hydrogen-bond acceptors (Lipinski definition) is 3. The highest BCUT2D eigenvalue weighted by molar-refractivity contribution is 5.95. The Labute approximate surface area is 99.8 Å². The molecule has 5 heteroatoms. The molecule has 1 unspecified atom stereocenters. The van der Waals surface area contributed by atoms with Gasteiger partial charge in [0, 0.05) is 5.56 Å². The van der Waals surface area contributed by atoms with Crippen LogP contribution in [0.25, 0.3) is 0 Å². The maximum atomic E-state index is 11.8. The van der Waals surface area contributed by atoms with E-state index in [2.05, 4.69) is 5.32 Å². The lowest BCUT2D eigenvalue weighted by Gasteiger charge is -2.27. The Morgan fingerprint density at radius 1 is 1.41 bits per heavy atom. The predicted octanol–water partition coefficient (Wildman–Crippen LogP) is 1.82. The molecule has 0 aliphatic rings. The van der Waals surface area contributed by atoms with Gasteiger partial charge in [-0.1, -0.05) is 20.8 Å².